The molecule has 136 valence electrons. The molecule has 2 aromatic rings. The monoisotopic (exact) mass is 419 g/mol. The van der Waals surface area contributed by atoms with E-state index < -0.39 is 12.0 Å². The van der Waals surface area contributed by atoms with Crippen LogP contribution in [-0.2, 0) is 19.1 Å². The van der Waals surface area contributed by atoms with Crippen LogP contribution in [0.2, 0.25) is 0 Å². The van der Waals surface area contributed by atoms with Gasteiger partial charge in [0.05, 0.1) is 14.2 Å². The van der Waals surface area contributed by atoms with E-state index in [2.05, 4.69) is 35.4 Å². The standard InChI is InChI=1S/C9H9BrO2.C9H9N3O2/c1-12-9(11)8(10)7-5-3-2-4-6-7;1-14-9(13)8(11-12-10)7-5-3-2-4-6-7/h2-6,8H,1H3;2-6,8H,1H3. The number of carbonyl (C=O) groups is 2. The van der Waals surface area contributed by atoms with Gasteiger partial charge in [-0.15, -0.1) is 0 Å². The van der Waals surface area contributed by atoms with E-state index >= 15 is 0 Å². The van der Waals surface area contributed by atoms with Gasteiger partial charge in [-0.2, -0.15) is 0 Å². The molecule has 2 rings (SSSR count). The van der Waals surface area contributed by atoms with Crippen LogP contribution < -0.4 is 0 Å². The Morgan fingerprint density at radius 2 is 1.38 bits per heavy atom. The van der Waals surface area contributed by atoms with Crippen LogP contribution in [0.15, 0.2) is 65.8 Å². The van der Waals surface area contributed by atoms with Crippen molar-refractivity contribution in [2.45, 2.75) is 10.9 Å². The molecule has 7 nitrogen and oxygen atoms in total. The van der Waals surface area contributed by atoms with E-state index in [1.807, 2.05) is 36.4 Å². The van der Waals surface area contributed by atoms with E-state index in [0.29, 0.717) is 5.56 Å². The molecule has 0 aliphatic heterocycles. The first-order valence-corrected chi connectivity index (χ1v) is 8.40. The largest absolute Gasteiger partial charge is 0.468 e. The fourth-order valence-corrected chi connectivity index (χ4v) is 2.40. The van der Waals surface area contributed by atoms with Crippen LogP contribution in [0.3, 0.4) is 0 Å². The Hall–Kier alpha value is -2.83. The molecule has 0 saturated carbocycles. The molecule has 0 aliphatic rings. The molecule has 8 heteroatoms. The second-order valence-corrected chi connectivity index (χ2v) is 5.75. The topological polar surface area (TPSA) is 101 Å². The second kappa shape index (κ2) is 11.7. The minimum atomic E-state index is -0.897. The highest BCUT2D eigenvalue weighted by Crippen LogP contribution is 2.23. The van der Waals surface area contributed by atoms with Gasteiger partial charge in [0.2, 0.25) is 0 Å². The first-order chi connectivity index (χ1) is 12.5. The third-order valence-electron chi connectivity index (χ3n) is 3.21. The van der Waals surface area contributed by atoms with Gasteiger partial charge in [-0.25, -0.2) is 0 Å². The van der Waals surface area contributed by atoms with E-state index in [1.165, 1.54) is 14.2 Å². The summed E-state index contributed by atoms with van der Waals surface area (Å²) in [6, 6.07) is 17.3. The first-order valence-electron chi connectivity index (χ1n) is 7.49. The SMILES string of the molecule is COC(=O)C(Br)c1ccccc1.COC(=O)C(N=[N+]=[N-])c1ccccc1. The van der Waals surface area contributed by atoms with Gasteiger partial charge >= 0.3 is 11.9 Å². The third kappa shape index (κ3) is 6.58. The van der Waals surface area contributed by atoms with Crippen molar-refractivity contribution in [3.05, 3.63) is 82.2 Å². The average Bonchev–Trinajstić information content (AvgIpc) is 2.72. The molecular formula is C18H18BrN3O4. The lowest BCUT2D eigenvalue weighted by atomic mass is 10.1. The number of methoxy groups -OCH3 is 2. The molecule has 0 amide bonds. The average molecular weight is 420 g/mol. The van der Waals surface area contributed by atoms with Gasteiger partial charge in [0.25, 0.3) is 0 Å². The number of nitrogens with zero attached hydrogens (tertiary/aromatic N) is 3. The number of benzene rings is 2. The van der Waals surface area contributed by atoms with Crippen molar-refractivity contribution >= 4 is 27.9 Å². The van der Waals surface area contributed by atoms with Crippen LogP contribution in [-0.4, -0.2) is 26.2 Å². The van der Waals surface area contributed by atoms with Crippen LogP contribution in [0.4, 0.5) is 0 Å². The Kier molecular flexibility index (Phi) is 9.53. The fraction of sp³-hybridized carbons (Fsp3) is 0.222. The molecule has 0 aliphatic carbocycles. The maximum Gasteiger partial charge on any atom is 0.323 e. The smallest absolute Gasteiger partial charge is 0.323 e. The normalized spacial score (nSPS) is 11.7. The van der Waals surface area contributed by atoms with Gasteiger partial charge in [-0.1, -0.05) is 81.7 Å². The second-order valence-electron chi connectivity index (χ2n) is 4.84. The van der Waals surface area contributed by atoms with Gasteiger partial charge in [-0.05, 0) is 16.7 Å². The van der Waals surface area contributed by atoms with Crippen molar-refractivity contribution in [2.75, 3.05) is 14.2 Å². The minimum absolute atomic E-state index is 0.277. The fourth-order valence-electron chi connectivity index (χ4n) is 1.91. The Labute approximate surface area is 159 Å². The van der Waals surface area contributed by atoms with E-state index in [1.54, 1.807) is 24.3 Å². The predicted molar refractivity (Wildman–Crippen MR) is 100 cm³/mol. The number of hydrogen-bond acceptors (Lipinski definition) is 5. The van der Waals surface area contributed by atoms with Crippen molar-refractivity contribution in [1.29, 1.82) is 0 Å². The molecule has 0 bridgehead atoms. The molecule has 2 aromatic carbocycles. The molecule has 0 fully saturated rings. The number of alkyl halides is 1. The van der Waals surface area contributed by atoms with Crippen molar-refractivity contribution in [2.24, 2.45) is 5.11 Å². The number of carbonyl (C=O) groups excluding carboxylic acids is 2. The Morgan fingerprint density at radius 1 is 0.923 bits per heavy atom. The zero-order chi connectivity index (χ0) is 19.4. The predicted octanol–water partition coefficient (Wildman–Crippen LogP) is 4.51. The summed E-state index contributed by atoms with van der Waals surface area (Å²) in [5, 5.41) is 3.37. The summed E-state index contributed by atoms with van der Waals surface area (Å²) in [7, 11) is 2.63. The highest BCUT2D eigenvalue weighted by atomic mass is 79.9. The van der Waals surface area contributed by atoms with E-state index in [-0.39, 0.29) is 10.8 Å². The highest BCUT2D eigenvalue weighted by molar-refractivity contribution is 9.09. The summed E-state index contributed by atoms with van der Waals surface area (Å²) < 4.78 is 9.10. The number of ether oxygens (including phenoxy) is 2. The van der Waals surface area contributed by atoms with Crippen molar-refractivity contribution in [3.8, 4) is 0 Å². The Bertz CT molecular complexity index is 750. The lowest BCUT2D eigenvalue weighted by molar-refractivity contribution is -0.142. The molecule has 0 radical (unpaired) electrons. The molecule has 0 aromatic heterocycles. The van der Waals surface area contributed by atoms with Gasteiger partial charge in [0.1, 0.15) is 4.83 Å². The number of hydrogen-bond donors (Lipinski definition) is 0. The first kappa shape index (κ1) is 21.2. The Balaban J connectivity index is 0.000000263. The van der Waals surface area contributed by atoms with Crippen molar-refractivity contribution in [3.63, 3.8) is 0 Å². The molecule has 0 N–H and O–H groups in total. The highest BCUT2D eigenvalue weighted by Gasteiger charge is 2.19. The summed E-state index contributed by atoms with van der Waals surface area (Å²) in [4.78, 5) is 24.5. The van der Waals surface area contributed by atoms with Crippen LogP contribution in [0.25, 0.3) is 10.4 Å². The summed E-state index contributed by atoms with van der Waals surface area (Å²) >= 11 is 3.24. The maximum absolute atomic E-state index is 11.2. The van der Waals surface area contributed by atoms with E-state index in [0.717, 1.165) is 5.56 Å². The van der Waals surface area contributed by atoms with Crippen molar-refractivity contribution in [1.82, 2.24) is 0 Å². The van der Waals surface area contributed by atoms with Crippen LogP contribution in [0.5, 0.6) is 0 Å². The quantitative estimate of drug-likeness (QED) is 0.234. The lowest BCUT2D eigenvalue weighted by Crippen LogP contribution is -2.11. The zero-order valence-electron chi connectivity index (χ0n) is 14.3. The molecule has 2 atom stereocenters. The summed E-state index contributed by atoms with van der Waals surface area (Å²) in [6.45, 7) is 0. The van der Waals surface area contributed by atoms with Gasteiger partial charge in [0.15, 0.2) is 6.04 Å². The molecule has 0 heterocycles. The van der Waals surface area contributed by atoms with Gasteiger partial charge in [-0.3, -0.25) is 9.59 Å². The van der Waals surface area contributed by atoms with E-state index in [9.17, 15) is 9.59 Å². The summed E-state index contributed by atoms with van der Waals surface area (Å²) in [6.07, 6.45) is 0. The maximum atomic E-state index is 11.2. The van der Waals surface area contributed by atoms with Gasteiger partial charge < -0.3 is 9.47 Å². The number of azide groups is 1. The summed E-state index contributed by atoms with van der Waals surface area (Å²) in [5.74, 6) is -0.838. The van der Waals surface area contributed by atoms with Gasteiger partial charge in [0, 0.05) is 4.91 Å². The molecule has 2 unspecified atom stereocenters. The number of halogens is 1. The van der Waals surface area contributed by atoms with Crippen LogP contribution in [0, 0.1) is 0 Å². The van der Waals surface area contributed by atoms with Crippen molar-refractivity contribution < 1.29 is 19.1 Å². The van der Waals surface area contributed by atoms with E-state index in [4.69, 9.17) is 5.53 Å². The Morgan fingerprint density at radius 3 is 1.81 bits per heavy atom. The molecule has 0 spiro atoms. The third-order valence-corrected chi connectivity index (χ3v) is 4.11. The zero-order valence-corrected chi connectivity index (χ0v) is 15.9. The number of rotatable bonds is 5. The molecule has 26 heavy (non-hydrogen) atoms. The van der Waals surface area contributed by atoms with Crippen LogP contribution >= 0.6 is 15.9 Å². The summed E-state index contributed by atoms with van der Waals surface area (Å²) in [5.41, 5.74) is 9.82. The number of esters is 2. The van der Waals surface area contributed by atoms with Crippen LogP contribution in [0.1, 0.15) is 22.0 Å². The minimum Gasteiger partial charge on any atom is -0.468 e. The molecule has 0 saturated heterocycles. The molecular weight excluding hydrogens is 402 g/mol. The lowest BCUT2D eigenvalue weighted by Gasteiger charge is -2.07.